The number of fused-ring (bicyclic) bond motifs is 1. The maximum atomic E-state index is 9.17. The third-order valence-electron chi connectivity index (χ3n) is 2.62. The second-order valence-electron chi connectivity index (χ2n) is 4.20. The van der Waals surface area contributed by atoms with Gasteiger partial charge in [-0.15, -0.1) is 23.4 Å². The van der Waals surface area contributed by atoms with Crippen LogP contribution in [0.15, 0.2) is 35.4 Å². The average Bonchev–Trinajstić information content (AvgIpc) is 2.44. The van der Waals surface area contributed by atoms with Gasteiger partial charge in [-0.3, -0.25) is 4.98 Å². The molecule has 0 spiro atoms. The van der Waals surface area contributed by atoms with Crippen molar-refractivity contribution < 1.29 is 0 Å². The van der Waals surface area contributed by atoms with E-state index in [-0.39, 0.29) is 0 Å². The second kappa shape index (κ2) is 6.08. The summed E-state index contributed by atoms with van der Waals surface area (Å²) in [5.74, 6) is 1.97. The molecule has 0 fully saturated rings. The van der Waals surface area contributed by atoms with Crippen molar-refractivity contribution in [3.8, 4) is 6.07 Å². The van der Waals surface area contributed by atoms with Crippen molar-refractivity contribution in [2.75, 3.05) is 11.6 Å². The number of pyridine rings is 1. The highest BCUT2D eigenvalue weighted by molar-refractivity contribution is 7.99. The third kappa shape index (κ3) is 2.77. The molecule has 2 nitrogen and oxygen atoms in total. The average molecular weight is 277 g/mol. The van der Waals surface area contributed by atoms with Gasteiger partial charge < -0.3 is 0 Å². The summed E-state index contributed by atoms with van der Waals surface area (Å²) in [6, 6.07) is 10.1. The van der Waals surface area contributed by atoms with Crippen LogP contribution in [0, 0.1) is 17.2 Å². The van der Waals surface area contributed by atoms with Crippen LogP contribution >= 0.6 is 23.4 Å². The van der Waals surface area contributed by atoms with Crippen LogP contribution in [0.25, 0.3) is 10.9 Å². The van der Waals surface area contributed by atoms with Crippen LogP contribution in [0.4, 0.5) is 0 Å². The minimum atomic E-state index is 0.426. The van der Waals surface area contributed by atoms with Gasteiger partial charge in [0, 0.05) is 28.1 Å². The van der Waals surface area contributed by atoms with Crippen LogP contribution in [-0.2, 0) is 0 Å². The minimum Gasteiger partial charge on any atom is -0.255 e. The Morgan fingerprint density at radius 2 is 2.22 bits per heavy atom. The number of thioether (sulfide) groups is 1. The Hall–Kier alpha value is -1.24. The van der Waals surface area contributed by atoms with Crippen molar-refractivity contribution in [3.05, 3.63) is 36.0 Å². The molecule has 0 radical (unpaired) electrons. The number of alkyl halides is 1. The minimum absolute atomic E-state index is 0.426. The molecule has 0 saturated heterocycles. The summed E-state index contributed by atoms with van der Waals surface area (Å²) in [7, 11) is 0. The van der Waals surface area contributed by atoms with E-state index in [0.29, 0.717) is 17.4 Å². The Kier molecular flexibility index (Phi) is 4.46. The molecular weight excluding hydrogens is 264 g/mol. The second-order valence-corrected chi connectivity index (χ2v) is 5.54. The number of halogens is 1. The van der Waals surface area contributed by atoms with E-state index in [2.05, 4.69) is 18.0 Å². The molecule has 1 unspecified atom stereocenters. The van der Waals surface area contributed by atoms with Gasteiger partial charge in [-0.25, -0.2) is 0 Å². The van der Waals surface area contributed by atoms with Crippen LogP contribution in [0.2, 0.25) is 0 Å². The maximum Gasteiger partial charge on any atom is 0.102 e. The zero-order valence-corrected chi connectivity index (χ0v) is 11.6. The molecular formula is C14H13ClN2S. The molecule has 4 heteroatoms. The van der Waals surface area contributed by atoms with E-state index in [0.717, 1.165) is 21.6 Å². The van der Waals surface area contributed by atoms with E-state index < -0.39 is 0 Å². The lowest BCUT2D eigenvalue weighted by Gasteiger charge is -2.10. The molecule has 0 bridgehead atoms. The molecule has 0 N–H and O–H groups in total. The van der Waals surface area contributed by atoms with E-state index in [1.165, 1.54) is 0 Å². The Morgan fingerprint density at radius 3 is 2.94 bits per heavy atom. The molecule has 0 amide bonds. The van der Waals surface area contributed by atoms with Gasteiger partial charge in [0.15, 0.2) is 0 Å². The summed E-state index contributed by atoms with van der Waals surface area (Å²) in [5, 5.41) is 10.2. The van der Waals surface area contributed by atoms with E-state index in [1.807, 2.05) is 24.3 Å². The molecule has 0 saturated carbocycles. The molecule has 0 aliphatic heterocycles. The fourth-order valence-corrected chi connectivity index (χ4v) is 3.01. The van der Waals surface area contributed by atoms with Crippen LogP contribution < -0.4 is 0 Å². The van der Waals surface area contributed by atoms with Gasteiger partial charge in [0.2, 0.25) is 0 Å². The summed E-state index contributed by atoms with van der Waals surface area (Å²) in [6.45, 7) is 2.11. The number of nitrogens with zero attached hydrogens (tertiary/aromatic N) is 2. The van der Waals surface area contributed by atoms with Crippen molar-refractivity contribution in [2.45, 2.75) is 11.8 Å². The number of nitriles is 1. The highest BCUT2D eigenvalue weighted by Crippen LogP contribution is 2.31. The third-order valence-corrected chi connectivity index (χ3v) is 4.61. The molecule has 18 heavy (non-hydrogen) atoms. The number of para-hydroxylation sites is 1. The van der Waals surface area contributed by atoms with Crippen LogP contribution in [0.3, 0.4) is 0 Å². The standard InChI is InChI=1S/C14H13ClN2S/c1-10(6-15)9-18-14-11(7-16)8-17-13-5-3-2-4-12(13)14/h2-5,8,10H,6,9H2,1H3. The largest absolute Gasteiger partial charge is 0.255 e. The summed E-state index contributed by atoms with van der Waals surface area (Å²) in [6.07, 6.45) is 1.65. The predicted molar refractivity (Wildman–Crippen MR) is 77.1 cm³/mol. The number of rotatable bonds is 4. The Labute approximate surface area is 116 Å². The normalized spacial score (nSPS) is 12.3. The van der Waals surface area contributed by atoms with E-state index in [9.17, 15) is 5.26 Å². The summed E-state index contributed by atoms with van der Waals surface area (Å²) in [4.78, 5) is 5.31. The van der Waals surface area contributed by atoms with Gasteiger partial charge >= 0.3 is 0 Å². The molecule has 1 aromatic carbocycles. The predicted octanol–water partition coefficient (Wildman–Crippen LogP) is 4.07. The Balaban J connectivity index is 2.42. The van der Waals surface area contributed by atoms with Crippen LogP contribution in [-0.4, -0.2) is 16.6 Å². The fraction of sp³-hybridized carbons (Fsp3) is 0.286. The molecule has 2 aromatic rings. The van der Waals surface area contributed by atoms with Gasteiger partial charge in [0.25, 0.3) is 0 Å². The molecule has 1 aromatic heterocycles. The first-order chi connectivity index (χ1) is 8.76. The van der Waals surface area contributed by atoms with E-state index >= 15 is 0 Å². The van der Waals surface area contributed by atoms with Crippen molar-refractivity contribution >= 4 is 34.3 Å². The first kappa shape index (κ1) is 13.2. The number of benzene rings is 1. The van der Waals surface area contributed by atoms with E-state index in [4.69, 9.17) is 11.6 Å². The highest BCUT2D eigenvalue weighted by atomic mass is 35.5. The Bertz CT molecular complexity index is 592. The van der Waals surface area contributed by atoms with Crippen molar-refractivity contribution in [2.24, 2.45) is 5.92 Å². The number of aromatic nitrogens is 1. The van der Waals surface area contributed by atoms with Gasteiger partial charge in [0.1, 0.15) is 6.07 Å². The van der Waals surface area contributed by atoms with Gasteiger partial charge in [-0.1, -0.05) is 25.1 Å². The lowest BCUT2D eigenvalue weighted by molar-refractivity contribution is 0.759. The lowest BCUT2D eigenvalue weighted by atomic mass is 10.2. The van der Waals surface area contributed by atoms with Crippen molar-refractivity contribution in [1.82, 2.24) is 4.98 Å². The first-order valence-electron chi connectivity index (χ1n) is 5.73. The van der Waals surface area contributed by atoms with Crippen molar-refractivity contribution in [3.63, 3.8) is 0 Å². The summed E-state index contributed by atoms with van der Waals surface area (Å²) in [5.41, 5.74) is 1.57. The SMILES string of the molecule is CC(CCl)CSc1c(C#N)cnc2ccccc12. The number of hydrogen-bond donors (Lipinski definition) is 0. The molecule has 0 aliphatic rings. The zero-order valence-electron chi connectivity index (χ0n) is 10.1. The molecule has 1 heterocycles. The smallest absolute Gasteiger partial charge is 0.102 e. The quantitative estimate of drug-likeness (QED) is 0.624. The van der Waals surface area contributed by atoms with Gasteiger partial charge in [-0.05, 0) is 12.0 Å². The molecule has 0 aliphatic carbocycles. The topological polar surface area (TPSA) is 36.7 Å². The summed E-state index contributed by atoms with van der Waals surface area (Å²) < 4.78 is 0. The number of hydrogen-bond acceptors (Lipinski definition) is 3. The summed E-state index contributed by atoms with van der Waals surface area (Å²) >= 11 is 7.51. The van der Waals surface area contributed by atoms with Crippen LogP contribution in [0.5, 0.6) is 0 Å². The first-order valence-corrected chi connectivity index (χ1v) is 7.25. The zero-order chi connectivity index (χ0) is 13.0. The fourth-order valence-electron chi connectivity index (χ4n) is 1.62. The molecule has 1 atom stereocenters. The van der Waals surface area contributed by atoms with Crippen molar-refractivity contribution in [1.29, 1.82) is 5.26 Å². The maximum absolute atomic E-state index is 9.17. The lowest BCUT2D eigenvalue weighted by Crippen LogP contribution is -2.00. The van der Waals surface area contributed by atoms with E-state index in [1.54, 1.807) is 18.0 Å². The Morgan fingerprint density at radius 1 is 1.44 bits per heavy atom. The molecule has 92 valence electrons. The monoisotopic (exact) mass is 276 g/mol. The highest BCUT2D eigenvalue weighted by Gasteiger charge is 2.10. The van der Waals surface area contributed by atoms with Gasteiger partial charge in [-0.2, -0.15) is 5.26 Å². The molecule has 2 rings (SSSR count). The van der Waals surface area contributed by atoms with Crippen LogP contribution in [0.1, 0.15) is 12.5 Å². The van der Waals surface area contributed by atoms with Gasteiger partial charge in [0.05, 0.1) is 11.1 Å².